The average Bonchev–Trinajstić information content (AvgIpc) is 3.23. The second kappa shape index (κ2) is 5.58. The Balaban J connectivity index is 1.53. The third kappa shape index (κ3) is 2.63. The molecule has 0 saturated carbocycles. The van der Waals surface area contributed by atoms with Crippen LogP contribution in [0.2, 0.25) is 0 Å². The second-order valence-electron chi connectivity index (χ2n) is 5.74. The first-order chi connectivity index (χ1) is 11.2. The van der Waals surface area contributed by atoms with E-state index in [1.54, 1.807) is 11.0 Å². The van der Waals surface area contributed by atoms with Gasteiger partial charge in [-0.25, -0.2) is 0 Å². The van der Waals surface area contributed by atoms with E-state index in [2.05, 4.69) is 17.1 Å². The van der Waals surface area contributed by atoms with Crippen molar-refractivity contribution in [2.75, 3.05) is 40.0 Å². The van der Waals surface area contributed by atoms with Crippen LogP contribution >= 0.6 is 0 Å². The topological polar surface area (TPSA) is 68.0 Å². The molecule has 0 spiro atoms. The number of fused-ring (bicyclic) bond motifs is 1. The van der Waals surface area contributed by atoms with E-state index in [0.717, 1.165) is 18.7 Å². The number of rotatable bonds is 2. The molecule has 23 heavy (non-hydrogen) atoms. The molecule has 1 aromatic heterocycles. The molecule has 0 bridgehead atoms. The molecular formula is C16H17N3O4. The maximum absolute atomic E-state index is 12.5. The van der Waals surface area contributed by atoms with Crippen molar-refractivity contribution >= 4 is 5.91 Å². The van der Waals surface area contributed by atoms with Gasteiger partial charge in [0.05, 0.1) is 0 Å². The summed E-state index contributed by atoms with van der Waals surface area (Å²) in [5, 5.41) is 3.93. The predicted molar refractivity (Wildman–Crippen MR) is 81.5 cm³/mol. The average molecular weight is 315 g/mol. The molecule has 4 rings (SSSR count). The maximum atomic E-state index is 12.5. The van der Waals surface area contributed by atoms with Gasteiger partial charge in [-0.15, -0.1) is 0 Å². The number of piperazine rings is 1. The number of likely N-dealkylation sites (N-methyl/N-ethyl adjacent to an activating group) is 1. The zero-order valence-corrected chi connectivity index (χ0v) is 12.8. The third-order valence-electron chi connectivity index (χ3n) is 4.18. The highest BCUT2D eigenvalue weighted by Crippen LogP contribution is 2.36. The zero-order valence-electron chi connectivity index (χ0n) is 12.8. The number of ether oxygens (including phenoxy) is 2. The fourth-order valence-corrected chi connectivity index (χ4v) is 2.73. The van der Waals surface area contributed by atoms with Crippen molar-refractivity contribution in [1.82, 2.24) is 15.0 Å². The Bertz CT molecular complexity index is 735. The van der Waals surface area contributed by atoms with E-state index in [4.69, 9.17) is 14.0 Å². The molecule has 7 nitrogen and oxygen atoms in total. The Labute approximate surface area is 133 Å². The van der Waals surface area contributed by atoms with E-state index < -0.39 is 0 Å². The molecule has 2 aromatic rings. The van der Waals surface area contributed by atoms with Crippen LogP contribution < -0.4 is 9.47 Å². The summed E-state index contributed by atoms with van der Waals surface area (Å²) in [5.74, 6) is 1.84. The molecule has 3 heterocycles. The summed E-state index contributed by atoms with van der Waals surface area (Å²) in [7, 11) is 2.05. The summed E-state index contributed by atoms with van der Waals surface area (Å²) >= 11 is 0. The van der Waals surface area contributed by atoms with Crippen molar-refractivity contribution in [3.05, 3.63) is 30.0 Å². The standard InChI is InChI=1S/C16H17N3O4/c1-18-4-6-19(7-5-18)16(20)12-9-14(23-17-12)11-2-3-13-15(8-11)22-10-21-13/h2-3,8-9H,4-7,10H2,1H3. The minimum atomic E-state index is -0.0890. The van der Waals surface area contributed by atoms with E-state index >= 15 is 0 Å². The molecule has 2 aliphatic heterocycles. The summed E-state index contributed by atoms with van der Waals surface area (Å²) in [6.45, 7) is 3.39. The number of carbonyl (C=O) groups excluding carboxylic acids is 1. The number of carbonyl (C=O) groups is 1. The Morgan fingerprint density at radius 2 is 1.87 bits per heavy atom. The highest BCUT2D eigenvalue weighted by Gasteiger charge is 2.24. The molecular weight excluding hydrogens is 298 g/mol. The number of amides is 1. The molecule has 0 atom stereocenters. The van der Waals surface area contributed by atoms with Crippen LogP contribution in [0.3, 0.4) is 0 Å². The molecule has 120 valence electrons. The van der Waals surface area contributed by atoms with Crippen LogP contribution in [0.15, 0.2) is 28.8 Å². The molecule has 1 amide bonds. The number of benzene rings is 1. The van der Waals surface area contributed by atoms with Gasteiger partial charge in [-0.1, -0.05) is 5.16 Å². The number of hydrogen-bond acceptors (Lipinski definition) is 6. The minimum Gasteiger partial charge on any atom is -0.454 e. The van der Waals surface area contributed by atoms with Crippen molar-refractivity contribution in [2.45, 2.75) is 0 Å². The van der Waals surface area contributed by atoms with E-state index in [1.165, 1.54) is 0 Å². The molecule has 1 aromatic carbocycles. The molecule has 0 aliphatic carbocycles. The summed E-state index contributed by atoms with van der Waals surface area (Å²) in [6, 6.07) is 7.19. The van der Waals surface area contributed by atoms with Crippen LogP contribution in [0.5, 0.6) is 11.5 Å². The highest BCUT2D eigenvalue weighted by molar-refractivity contribution is 5.93. The van der Waals surface area contributed by atoms with Crippen LogP contribution in [0.25, 0.3) is 11.3 Å². The quantitative estimate of drug-likeness (QED) is 0.836. The summed E-state index contributed by atoms with van der Waals surface area (Å²) in [4.78, 5) is 16.5. The monoisotopic (exact) mass is 315 g/mol. The van der Waals surface area contributed by atoms with Gasteiger partial charge in [0.1, 0.15) is 0 Å². The molecule has 1 fully saturated rings. The largest absolute Gasteiger partial charge is 0.454 e. The molecule has 2 aliphatic rings. The summed E-state index contributed by atoms with van der Waals surface area (Å²) in [5.41, 5.74) is 1.14. The van der Waals surface area contributed by atoms with Crippen molar-refractivity contribution in [2.24, 2.45) is 0 Å². The fraction of sp³-hybridized carbons (Fsp3) is 0.375. The van der Waals surface area contributed by atoms with Crippen LogP contribution in [-0.2, 0) is 0 Å². The normalized spacial score (nSPS) is 17.5. The highest BCUT2D eigenvalue weighted by atomic mass is 16.7. The second-order valence-corrected chi connectivity index (χ2v) is 5.74. The third-order valence-corrected chi connectivity index (χ3v) is 4.18. The lowest BCUT2D eigenvalue weighted by atomic mass is 10.1. The molecule has 0 N–H and O–H groups in total. The number of nitrogens with zero attached hydrogens (tertiary/aromatic N) is 3. The fourth-order valence-electron chi connectivity index (χ4n) is 2.73. The van der Waals surface area contributed by atoms with Crippen LogP contribution in [0.4, 0.5) is 0 Å². The van der Waals surface area contributed by atoms with Crippen LogP contribution in [0.1, 0.15) is 10.5 Å². The van der Waals surface area contributed by atoms with Gasteiger partial charge in [0, 0.05) is 37.8 Å². The lowest BCUT2D eigenvalue weighted by Gasteiger charge is -2.31. The molecule has 0 unspecified atom stereocenters. The lowest BCUT2D eigenvalue weighted by Crippen LogP contribution is -2.47. The van der Waals surface area contributed by atoms with Gasteiger partial charge in [0.2, 0.25) is 6.79 Å². The van der Waals surface area contributed by atoms with Gasteiger partial charge in [0.25, 0.3) is 5.91 Å². The first-order valence-corrected chi connectivity index (χ1v) is 7.55. The Morgan fingerprint density at radius 3 is 2.70 bits per heavy atom. The van der Waals surface area contributed by atoms with Crippen LogP contribution in [0, 0.1) is 0 Å². The van der Waals surface area contributed by atoms with Gasteiger partial charge < -0.3 is 23.8 Å². The Hall–Kier alpha value is -2.54. The van der Waals surface area contributed by atoms with Gasteiger partial charge in [0.15, 0.2) is 23.0 Å². The first kappa shape index (κ1) is 14.1. The Morgan fingerprint density at radius 1 is 1.09 bits per heavy atom. The van der Waals surface area contributed by atoms with E-state index in [-0.39, 0.29) is 12.7 Å². The Kier molecular flexibility index (Phi) is 3.42. The van der Waals surface area contributed by atoms with Crippen LogP contribution in [-0.4, -0.2) is 60.9 Å². The summed E-state index contributed by atoms with van der Waals surface area (Å²) in [6.07, 6.45) is 0. The lowest BCUT2D eigenvalue weighted by molar-refractivity contribution is 0.0654. The van der Waals surface area contributed by atoms with Gasteiger partial charge in [-0.2, -0.15) is 0 Å². The van der Waals surface area contributed by atoms with E-state index in [0.29, 0.717) is 36.0 Å². The summed E-state index contributed by atoms with van der Waals surface area (Å²) < 4.78 is 16.0. The van der Waals surface area contributed by atoms with Gasteiger partial charge >= 0.3 is 0 Å². The van der Waals surface area contributed by atoms with E-state index in [1.807, 2.05) is 18.2 Å². The SMILES string of the molecule is CN1CCN(C(=O)c2cc(-c3ccc4c(c3)OCO4)on2)CC1. The van der Waals surface area contributed by atoms with Gasteiger partial charge in [-0.3, -0.25) is 4.79 Å². The maximum Gasteiger partial charge on any atom is 0.276 e. The van der Waals surface area contributed by atoms with Crippen molar-refractivity contribution in [3.63, 3.8) is 0 Å². The number of hydrogen-bond donors (Lipinski definition) is 0. The predicted octanol–water partition coefficient (Wildman–Crippen LogP) is 1.46. The number of aromatic nitrogens is 1. The molecule has 1 saturated heterocycles. The first-order valence-electron chi connectivity index (χ1n) is 7.55. The minimum absolute atomic E-state index is 0.0890. The zero-order chi connectivity index (χ0) is 15.8. The van der Waals surface area contributed by atoms with Crippen molar-refractivity contribution < 1.29 is 18.8 Å². The molecule has 7 heteroatoms. The van der Waals surface area contributed by atoms with Crippen molar-refractivity contribution in [3.8, 4) is 22.8 Å². The molecule has 0 radical (unpaired) electrons. The van der Waals surface area contributed by atoms with Crippen molar-refractivity contribution in [1.29, 1.82) is 0 Å². The van der Waals surface area contributed by atoms with Gasteiger partial charge in [-0.05, 0) is 25.2 Å². The van der Waals surface area contributed by atoms with E-state index in [9.17, 15) is 4.79 Å². The smallest absolute Gasteiger partial charge is 0.276 e.